The topological polar surface area (TPSA) is 32.3 Å². The van der Waals surface area contributed by atoms with E-state index in [9.17, 15) is 0 Å². The van der Waals surface area contributed by atoms with Crippen molar-refractivity contribution in [2.24, 2.45) is 0 Å². The maximum atomic E-state index is 8.60. The zero-order chi connectivity index (χ0) is 8.97. The van der Waals surface area contributed by atoms with Crippen LogP contribution in [0.4, 0.5) is 5.69 Å². The zero-order valence-corrected chi connectivity index (χ0v) is 9.05. The Morgan fingerprint density at radius 3 is 2.83 bits per heavy atom. The van der Waals surface area contributed by atoms with Crippen molar-refractivity contribution in [3.63, 3.8) is 0 Å². The van der Waals surface area contributed by atoms with Gasteiger partial charge in [0.05, 0.1) is 0 Å². The monoisotopic (exact) mass is 245 g/mol. The molecule has 2 N–H and O–H groups in total. The summed E-state index contributed by atoms with van der Waals surface area (Å²) in [7, 11) is 0. The van der Waals surface area contributed by atoms with Crippen molar-refractivity contribution in [2.75, 3.05) is 18.5 Å². The number of para-hydroxylation sites is 1. The molecule has 4 heteroatoms. The van der Waals surface area contributed by atoms with E-state index in [1.165, 1.54) is 0 Å². The van der Waals surface area contributed by atoms with Gasteiger partial charge < -0.3 is 0 Å². The minimum atomic E-state index is 0.109. The van der Waals surface area contributed by atoms with Crippen LogP contribution in [0.3, 0.4) is 0 Å². The summed E-state index contributed by atoms with van der Waals surface area (Å²) in [5.74, 6) is 0. The van der Waals surface area contributed by atoms with Crippen LogP contribution in [-0.2, 0) is 0 Å². The summed E-state index contributed by atoms with van der Waals surface area (Å²) in [5, 5.41) is 12.3. The molecule has 1 aromatic carbocycles. The predicted octanol–water partition coefficient (Wildman–Crippen LogP) is 0.538. The van der Waals surface area contributed by atoms with Crippen molar-refractivity contribution in [1.82, 2.24) is 0 Å². The van der Waals surface area contributed by atoms with Gasteiger partial charge in [-0.1, -0.05) is 0 Å². The molecule has 0 aliphatic heterocycles. The summed E-state index contributed by atoms with van der Waals surface area (Å²) in [6.45, 7) is 0.631. The van der Waals surface area contributed by atoms with Gasteiger partial charge in [-0.2, -0.15) is 0 Å². The molecule has 0 bridgehead atoms. The molecule has 0 saturated carbocycles. The Hall–Kier alpha value is -0.172. The van der Waals surface area contributed by atoms with Crippen molar-refractivity contribution in [3.05, 3.63) is 23.2 Å². The van der Waals surface area contributed by atoms with Gasteiger partial charge in [0.2, 0.25) is 0 Å². The number of anilines is 1. The van der Waals surface area contributed by atoms with E-state index in [-0.39, 0.29) is 6.61 Å². The van der Waals surface area contributed by atoms with Crippen LogP contribution in [0, 0.1) is 0 Å². The molecule has 0 aliphatic rings. The normalized spacial score (nSPS) is 9.92. The van der Waals surface area contributed by atoms with Gasteiger partial charge >= 0.3 is 85.3 Å². The third-order valence-electron chi connectivity index (χ3n) is 1.41. The third-order valence-corrected chi connectivity index (χ3v) is 2.50. The van der Waals surface area contributed by atoms with E-state index >= 15 is 0 Å². The Kier molecular flexibility index (Phi) is 3.93. The Labute approximate surface area is 85.4 Å². The van der Waals surface area contributed by atoms with Gasteiger partial charge in [-0.25, -0.2) is 0 Å². The molecule has 0 saturated heterocycles. The fourth-order valence-electron chi connectivity index (χ4n) is 0.869. The van der Waals surface area contributed by atoms with E-state index in [2.05, 4.69) is 22.2 Å². The van der Waals surface area contributed by atoms with Gasteiger partial charge in [0, 0.05) is 0 Å². The molecule has 12 heavy (non-hydrogen) atoms. The first kappa shape index (κ1) is 9.91. The molecular weight excluding hydrogens is 236 g/mol. The molecule has 64 valence electrons. The standard InChI is InChI=1S/C8H9AsClNO/c9-6-2-1-3-7(10)8(6)11-4-5-12/h1-3,11-12H,4-5H2. The van der Waals surface area contributed by atoms with Crippen LogP contribution in [-0.4, -0.2) is 35.1 Å². The molecule has 1 aromatic rings. The van der Waals surface area contributed by atoms with E-state index in [4.69, 9.17) is 16.7 Å². The minimum absolute atomic E-state index is 0.109. The molecule has 2 nitrogen and oxygen atoms in total. The number of hydrogen-bond donors (Lipinski definition) is 2. The molecule has 0 atom stereocenters. The van der Waals surface area contributed by atoms with Crippen molar-refractivity contribution in [2.45, 2.75) is 0 Å². The van der Waals surface area contributed by atoms with Crippen LogP contribution in [0.2, 0.25) is 5.02 Å². The van der Waals surface area contributed by atoms with Crippen LogP contribution in [0.5, 0.6) is 0 Å². The van der Waals surface area contributed by atoms with Crippen molar-refractivity contribution < 1.29 is 5.11 Å². The molecule has 0 aliphatic carbocycles. The van der Waals surface area contributed by atoms with Crippen molar-refractivity contribution in [3.8, 4) is 0 Å². The second kappa shape index (κ2) is 4.76. The molecule has 0 unspecified atom stereocenters. The third kappa shape index (κ3) is 2.41. The molecule has 0 aromatic heterocycles. The summed E-state index contributed by atoms with van der Waals surface area (Å²) in [5.41, 5.74) is 0.883. The molecule has 0 spiro atoms. The quantitative estimate of drug-likeness (QED) is 0.762. The maximum absolute atomic E-state index is 8.60. The summed E-state index contributed by atoms with van der Waals surface area (Å²) >= 11 is 8.35. The fraction of sp³-hybridized carbons (Fsp3) is 0.250. The number of benzene rings is 1. The van der Waals surface area contributed by atoms with Gasteiger partial charge in [-0.05, 0) is 0 Å². The Balaban J connectivity index is 2.81. The second-order valence-electron chi connectivity index (χ2n) is 2.28. The van der Waals surface area contributed by atoms with E-state index < -0.39 is 0 Å². The van der Waals surface area contributed by atoms with E-state index in [0.29, 0.717) is 11.6 Å². The Morgan fingerprint density at radius 2 is 2.25 bits per heavy atom. The van der Waals surface area contributed by atoms with E-state index in [1.807, 2.05) is 18.2 Å². The molecular formula is C8H9AsClNO. The number of nitrogens with one attached hydrogen (secondary N) is 1. The van der Waals surface area contributed by atoms with Gasteiger partial charge in [0.15, 0.2) is 0 Å². The van der Waals surface area contributed by atoms with Crippen LogP contribution in [0.25, 0.3) is 0 Å². The summed E-state index contributed by atoms with van der Waals surface area (Å²) in [4.78, 5) is 0. The molecule has 0 amide bonds. The number of rotatable bonds is 3. The van der Waals surface area contributed by atoms with Crippen LogP contribution in [0.15, 0.2) is 18.2 Å². The predicted molar refractivity (Wildman–Crippen MR) is 52.4 cm³/mol. The Morgan fingerprint density at radius 1 is 1.50 bits per heavy atom. The van der Waals surface area contributed by atoms with Gasteiger partial charge in [0.25, 0.3) is 0 Å². The molecule has 0 fully saturated rings. The van der Waals surface area contributed by atoms with Crippen molar-refractivity contribution >= 4 is 38.5 Å². The number of hydrogen-bond acceptors (Lipinski definition) is 2. The van der Waals surface area contributed by atoms with Gasteiger partial charge in [-0.15, -0.1) is 0 Å². The van der Waals surface area contributed by atoms with E-state index in [0.717, 1.165) is 10.0 Å². The summed E-state index contributed by atoms with van der Waals surface area (Å²) in [6, 6.07) is 5.66. The number of halogens is 1. The van der Waals surface area contributed by atoms with Crippen LogP contribution >= 0.6 is 11.6 Å². The average Bonchev–Trinajstić information content (AvgIpc) is 2.04. The first-order valence-corrected chi connectivity index (χ1v) is 4.89. The van der Waals surface area contributed by atoms with Gasteiger partial charge in [-0.3, -0.25) is 0 Å². The van der Waals surface area contributed by atoms with Crippen molar-refractivity contribution in [1.29, 1.82) is 0 Å². The summed E-state index contributed by atoms with van der Waals surface area (Å²) in [6.07, 6.45) is 0. The molecule has 2 radical (unpaired) electrons. The van der Waals surface area contributed by atoms with Crippen LogP contribution in [0.1, 0.15) is 0 Å². The first-order chi connectivity index (χ1) is 5.75. The molecule has 0 heterocycles. The SMILES string of the molecule is OCCNc1c(Cl)cccc1[As]. The fourth-order valence-corrected chi connectivity index (χ4v) is 1.85. The summed E-state index contributed by atoms with van der Waals surface area (Å²) < 4.78 is 1.03. The van der Waals surface area contributed by atoms with E-state index in [1.54, 1.807) is 0 Å². The number of aliphatic hydroxyl groups excluding tert-OH is 1. The second-order valence-corrected chi connectivity index (χ2v) is 3.70. The molecule has 1 rings (SSSR count). The average molecular weight is 246 g/mol. The van der Waals surface area contributed by atoms with Crippen LogP contribution < -0.4 is 9.67 Å². The Bertz CT molecular complexity index is 247. The number of aliphatic hydroxyl groups is 1. The first-order valence-electron chi connectivity index (χ1n) is 3.58. The zero-order valence-electron chi connectivity index (χ0n) is 6.42. The van der Waals surface area contributed by atoms with Gasteiger partial charge in [0.1, 0.15) is 0 Å².